The fourth-order valence-corrected chi connectivity index (χ4v) is 1.86. The number of benzene rings is 1. The molecule has 0 aromatic heterocycles. The summed E-state index contributed by atoms with van der Waals surface area (Å²) in [7, 11) is 1.88. The normalized spacial score (nSPS) is 11.4. The Balaban J connectivity index is 0.00000289. The molecule has 1 unspecified atom stereocenters. The zero-order valence-electron chi connectivity index (χ0n) is 11.1. The maximum Gasteiger partial charge on any atom is 0.227 e. The van der Waals surface area contributed by atoms with Gasteiger partial charge in [0, 0.05) is 13.1 Å². The first-order chi connectivity index (χ1) is 8.29. The van der Waals surface area contributed by atoms with Crippen LogP contribution in [-0.2, 0) is 4.79 Å². The number of likely N-dealkylation sites (N-methyl/N-ethyl adjacent to an activating group) is 1. The third kappa shape index (κ3) is 5.52. The fraction of sp³-hybridized carbons (Fsp3) is 0.500. The van der Waals surface area contributed by atoms with Crippen molar-refractivity contribution in [1.82, 2.24) is 10.6 Å². The van der Waals surface area contributed by atoms with Crippen LogP contribution in [0, 0.1) is 0 Å². The minimum Gasteiger partial charge on any atom is -0.354 e. The van der Waals surface area contributed by atoms with Gasteiger partial charge in [-0.3, -0.25) is 4.79 Å². The molecule has 1 rings (SSSR count). The van der Waals surface area contributed by atoms with Crippen LogP contribution >= 0.6 is 12.4 Å². The zero-order chi connectivity index (χ0) is 12.5. The summed E-state index contributed by atoms with van der Waals surface area (Å²) in [6.07, 6.45) is 1.91. The number of amides is 1. The van der Waals surface area contributed by atoms with Crippen LogP contribution in [0.1, 0.15) is 31.2 Å². The Kier molecular flexibility index (Phi) is 9.33. The molecule has 102 valence electrons. The monoisotopic (exact) mass is 270 g/mol. The third-order valence-corrected chi connectivity index (χ3v) is 2.77. The van der Waals surface area contributed by atoms with Crippen molar-refractivity contribution in [3.8, 4) is 0 Å². The molecule has 1 atom stereocenters. The summed E-state index contributed by atoms with van der Waals surface area (Å²) in [6.45, 7) is 3.60. The van der Waals surface area contributed by atoms with Crippen molar-refractivity contribution in [2.24, 2.45) is 0 Å². The first-order valence-corrected chi connectivity index (χ1v) is 6.26. The highest BCUT2D eigenvalue weighted by atomic mass is 35.5. The van der Waals surface area contributed by atoms with Crippen molar-refractivity contribution in [3.05, 3.63) is 35.9 Å². The van der Waals surface area contributed by atoms with Crippen molar-refractivity contribution in [3.63, 3.8) is 0 Å². The Morgan fingerprint density at radius 1 is 1.22 bits per heavy atom. The van der Waals surface area contributed by atoms with E-state index in [1.165, 1.54) is 0 Å². The van der Waals surface area contributed by atoms with Crippen molar-refractivity contribution < 1.29 is 4.79 Å². The van der Waals surface area contributed by atoms with Crippen molar-refractivity contribution in [2.75, 3.05) is 20.1 Å². The minimum atomic E-state index is -0.0157. The SMILES string of the molecule is CCCC(C(=O)NCCNC)c1ccccc1.Cl. The summed E-state index contributed by atoms with van der Waals surface area (Å²) in [5, 5.41) is 5.98. The van der Waals surface area contributed by atoms with Crippen LogP contribution in [0.15, 0.2) is 30.3 Å². The number of hydrogen-bond donors (Lipinski definition) is 2. The highest BCUT2D eigenvalue weighted by molar-refractivity contribution is 5.85. The molecule has 0 spiro atoms. The number of hydrogen-bond acceptors (Lipinski definition) is 2. The standard InChI is InChI=1S/C14H22N2O.ClH/c1-3-7-13(12-8-5-4-6-9-12)14(17)16-11-10-15-2;/h4-6,8-9,13,15H,3,7,10-11H2,1-2H3,(H,16,17);1H. The summed E-state index contributed by atoms with van der Waals surface area (Å²) < 4.78 is 0. The number of rotatable bonds is 7. The molecule has 0 radical (unpaired) electrons. The molecule has 4 heteroatoms. The lowest BCUT2D eigenvalue weighted by Crippen LogP contribution is -2.34. The van der Waals surface area contributed by atoms with Crippen molar-refractivity contribution in [2.45, 2.75) is 25.7 Å². The molecule has 0 aliphatic carbocycles. The largest absolute Gasteiger partial charge is 0.354 e. The van der Waals surface area contributed by atoms with E-state index in [4.69, 9.17) is 0 Å². The number of halogens is 1. The predicted octanol–water partition coefficient (Wildman–Crippen LogP) is 2.33. The van der Waals surface area contributed by atoms with E-state index in [0.717, 1.165) is 24.9 Å². The predicted molar refractivity (Wildman–Crippen MR) is 78.3 cm³/mol. The topological polar surface area (TPSA) is 41.1 Å². The Morgan fingerprint density at radius 2 is 1.89 bits per heavy atom. The molecule has 0 heterocycles. The van der Waals surface area contributed by atoms with Crippen LogP contribution in [0.4, 0.5) is 0 Å². The molecule has 0 saturated carbocycles. The van der Waals surface area contributed by atoms with Gasteiger partial charge in [-0.25, -0.2) is 0 Å². The number of nitrogens with one attached hydrogen (secondary N) is 2. The Morgan fingerprint density at radius 3 is 2.44 bits per heavy atom. The van der Waals surface area contributed by atoms with Gasteiger partial charge in [-0.2, -0.15) is 0 Å². The molecule has 1 aromatic carbocycles. The van der Waals surface area contributed by atoms with Gasteiger partial charge in [-0.15, -0.1) is 12.4 Å². The highest BCUT2D eigenvalue weighted by Crippen LogP contribution is 2.20. The minimum absolute atomic E-state index is 0. The molecular formula is C14H23ClN2O. The van der Waals surface area contributed by atoms with E-state index in [-0.39, 0.29) is 24.2 Å². The fourth-order valence-electron chi connectivity index (χ4n) is 1.86. The molecule has 1 amide bonds. The lowest BCUT2D eigenvalue weighted by Gasteiger charge is -2.16. The first kappa shape index (κ1) is 16.9. The van der Waals surface area contributed by atoms with Gasteiger partial charge in [0.05, 0.1) is 5.92 Å². The van der Waals surface area contributed by atoms with E-state index in [1.807, 2.05) is 37.4 Å². The average molecular weight is 271 g/mol. The van der Waals surface area contributed by atoms with Gasteiger partial charge in [0.2, 0.25) is 5.91 Å². The molecule has 0 saturated heterocycles. The maximum atomic E-state index is 12.1. The van der Waals surface area contributed by atoms with Crippen LogP contribution in [0.25, 0.3) is 0 Å². The Hall–Kier alpha value is -1.06. The lowest BCUT2D eigenvalue weighted by atomic mass is 9.94. The second-order valence-electron chi connectivity index (χ2n) is 4.15. The molecule has 18 heavy (non-hydrogen) atoms. The van der Waals surface area contributed by atoms with Gasteiger partial charge >= 0.3 is 0 Å². The van der Waals surface area contributed by atoms with Gasteiger partial charge in [0.15, 0.2) is 0 Å². The average Bonchev–Trinajstić information content (AvgIpc) is 2.37. The Labute approximate surface area is 116 Å². The second-order valence-corrected chi connectivity index (χ2v) is 4.15. The van der Waals surface area contributed by atoms with E-state index in [1.54, 1.807) is 0 Å². The summed E-state index contributed by atoms with van der Waals surface area (Å²) in [6, 6.07) is 10.00. The van der Waals surface area contributed by atoms with Crippen molar-refractivity contribution >= 4 is 18.3 Å². The number of carbonyl (C=O) groups excluding carboxylic acids is 1. The van der Waals surface area contributed by atoms with E-state index >= 15 is 0 Å². The van der Waals surface area contributed by atoms with Crippen LogP contribution in [0.5, 0.6) is 0 Å². The van der Waals surface area contributed by atoms with Crippen LogP contribution in [0.2, 0.25) is 0 Å². The molecule has 3 nitrogen and oxygen atoms in total. The lowest BCUT2D eigenvalue weighted by molar-refractivity contribution is -0.122. The van der Waals surface area contributed by atoms with Crippen molar-refractivity contribution in [1.29, 1.82) is 0 Å². The van der Waals surface area contributed by atoms with E-state index in [2.05, 4.69) is 17.6 Å². The molecular weight excluding hydrogens is 248 g/mol. The smallest absolute Gasteiger partial charge is 0.227 e. The summed E-state index contributed by atoms with van der Waals surface area (Å²) in [5.41, 5.74) is 1.11. The maximum absolute atomic E-state index is 12.1. The van der Waals surface area contributed by atoms with E-state index < -0.39 is 0 Å². The van der Waals surface area contributed by atoms with Crippen LogP contribution < -0.4 is 10.6 Å². The zero-order valence-corrected chi connectivity index (χ0v) is 11.9. The quantitative estimate of drug-likeness (QED) is 0.747. The summed E-state index contributed by atoms with van der Waals surface area (Å²) >= 11 is 0. The highest BCUT2D eigenvalue weighted by Gasteiger charge is 2.18. The summed E-state index contributed by atoms with van der Waals surface area (Å²) in [4.78, 5) is 12.1. The van der Waals surface area contributed by atoms with Crippen LogP contribution in [-0.4, -0.2) is 26.0 Å². The van der Waals surface area contributed by atoms with Crippen LogP contribution in [0.3, 0.4) is 0 Å². The number of carbonyl (C=O) groups is 1. The molecule has 0 bridgehead atoms. The Bertz CT molecular complexity index is 330. The van der Waals surface area contributed by atoms with E-state index in [9.17, 15) is 4.79 Å². The van der Waals surface area contributed by atoms with E-state index in [0.29, 0.717) is 6.54 Å². The molecule has 1 aromatic rings. The third-order valence-electron chi connectivity index (χ3n) is 2.77. The first-order valence-electron chi connectivity index (χ1n) is 6.26. The van der Waals surface area contributed by atoms with Gasteiger partial charge in [-0.1, -0.05) is 43.7 Å². The molecule has 0 aliphatic rings. The second kappa shape index (κ2) is 9.92. The van der Waals surface area contributed by atoms with Gasteiger partial charge in [0.1, 0.15) is 0 Å². The molecule has 2 N–H and O–H groups in total. The van der Waals surface area contributed by atoms with Gasteiger partial charge < -0.3 is 10.6 Å². The van der Waals surface area contributed by atoms with Gasteiger partial charge in [0.25, 0.3) is 0 Å². The summed E-state index contributed by atoms with van der Waals surface area (Å²) in [5.74, 6) is 0.117. The van der Waals surface area contributed by atoms with Gasteiger partial charge in [-0.05, 0) is 19.0 Å². The molecule has 0 fully saturated rings. The molecule has 0 aliphatic heterocycles.